The molecule has 2 rings (SSSR count). The van der Waals surface area contributed by atoms with Gasteiger partial charge in [-0.1, -0.05) is 36.4 Å². The van der Waals surface area contributed by atoms with E-state index in [1.165, 1.54) is 0 Å². The van der Waals surface area contributed by atoms with Crippen molar-refractivity contribution in [1.29, 1.82) is 0 Å². The van der Waals surface area contributed by atoms with E-state index in [0.717, 1.165) is 17.9 Å². The van der Waals surface area contributed by atoms with Gasteiger partial charge in [0.05, 0.1) is 0 Å². The molecular formula is C11H11N3. The van der Waals surface area contributed by atoms with Gasteiger partial charge < -0.3 is 4.57 Å². The summed E-state index contributed by atoms with van der Waals surface area (Å²) in [5.74, 6) is 0.880. The molecule has 0 unspecified atom stereocenters. The number of hydrogen-bond acceptors (Lipinski definition) is 2. The molecule has 0 fully saturated rings. The maximum absolute atomic E-state index is 4.07. The van der Waals surface area contributed by atoms with Crippen LogP contribution in [0.1, 0.15) is 0 Å². The van der Waals surface area contributed by atoms with Crippen LogP contribution in [0, 0.1) is 0 Å². The molecule has 0 aliphatic heterocycles. The van der Waals surface area contributed by atoms with Crippen molar-refractivity contribution in [3.8, 4) is 11.4 Å². The molecule has 14 heavy (non-hydrogen) atoms. The third kappa shape index (κ3) is 1.57. The van der Waals surface area contributed by atoms with E-state index in [-0.39, 0.29) is 0 Å². The predicted octanol–water partition coefficient (Wildman–Crippen LogP) is 2.13. The average Bonchev–Trinajstić information content (AvgIpc) is 2.68. The van der Waals surface area contributed by atoms with Gasteiger partial charge in [-0.05, 0) is 0 Å². The molecule has 1 heterocycles. The second-order valence-corrected chi connectivity index (χ2v) is 2.96. The Balaban J connectivity index is 2.41. The zero-order valence-electron chi connectivity index (χ0n) is 7.80. The lowest BCUT2D eigenvalue weighted by Gasteiger charge is -2.02. The summed E-state index contributed by atoms with van der Waals surface area (Å²) in [6, 6.07) is 10.00. The molecule has 0 amide bonds. The molecule has 0 aliphatic carbocycles. The summed E-state index contributed by atoms with van der Waals surface area (Å²) in [5.41, 5.74) is 1.08. The van der Waals surface area contributed by atoms with E-state index >= 15 is 0 Å². The average molecular weight is 185 g/mol. The molecule has 0 bridgehead atoms. The van der Waals surface area contributed by atoms with Gasteiger partial charge in [-0.15, -0.1) is 16.8 Å². The molecule has 0 saturated heterocycles. The van der Waals surface area contributed by atoms with Gasteiger partial charge in [-0.3, -0.25) is 0 Å². The van der Waals surface area contributed by atoms with Gasteiger partial charge in [0.2, 0.25) is 0 Å². The smallest absolute Gasteiger partial charge is 0.164 e. The van der Waals surface area contributed by atoms with Gasteiger partial charge in [0.25, 0.3) is 0 Å². The second-order valence-electron chi connectivity index (χ2n) is 2.96. The summed E-state index contributed by atoms with van der Waals surface area (Å²) in [4.78, 5) is 0. The summed E-state index contributed by atoms with van der Waals surface area (Å²) < 4.78 is 1.96. The van der Waals surface area contributed by atoms with Gasteiger partial charge in [-0.2, -0.15) is 0 Å². The Hall–Kier alpha value is -1.90. The maximum Gasteiger partial charge on any atom is 0.164 e. The number of aromatic nitrogens is 3. The van der Waals surface area contributed by atoms with Crippen molar-refractivity contribution >= 4 is 0 Å². The van der Waals surface area contributed by atoms with Gasteiger partial charge in [0.15, 0.2) is 5.82 Å². The Morgan fingerprint density at radius 1 is 1.29 bits per heavy atom. The van der Waals surface area contributed by atoms with Crippen LogP contribution in [0.2, 0.25) is 0 Å². The number of hydrogen-bond donors (Lipinski definition) is 0. The highest BCUT2D eigenvalue weighted by Crippen LogP contribution is 2.15. The van der Waals surface area contributed by atoms with Crippen molar-refractivity contribution in [1.82, 2.24) is 14.8 Å². The summed E-state index contributed by atoms with van der Waals surface area (Å²) in [6.45, 7) is 4.43. The molecule has 3 heteroatoms. The van der Waals surface area contributed by atoms with Crippen LogP contribution < -0.4 is 0 Å². The number of rotatable bonds is 3. The van der Waals surface area contributed by atoms with Gasteiger partial charge in [-0.25, -0.2) is 0 Å². The van der Waals surface area contributed by atoms with E-state index in [0.29, 0.717) is 0 Å². The van der Waals surface area contributed by atoms with E-state index in [2.05, 4.69) is 16.8 Å². The van der Waals surface area contributed by atoms with Crippen LogP contribution in [0.25, 0.3) is 11.4 Å². The summed E-state index contributed by atoms with van der Waals surface area (Å²) in [6.07, 6.45) is 3.54. The van der Waals surface area contributed by atoms with Crippen molar-refractivity contribution < 1.29 is 0 Å². The van der Waals surface area contributed by atoms with E-state index in [4.69, 9.17) is 0 Å². The molecule has 70 valence electrons. The summed E-state index contributed by atoms with van der Waals surface area (Å²) in [5, 5.41) is 7.95. The molecule has 0 N–H and O–H groups in total. The van der Waals surface area contributed by atoms with E-state index in [1.54, 1.807) is 6.33 Å². The highest BCUT2D eigenvalue weighted by molar-refractivity contribution is 5.54. The molecule has 3 nitrogen and oxygen atoms in total. The van der Waals surface area contributed by atoms with Crippen molar-refractivity contribution in [2.24, 2.45) is 0 Å². The monoisotopic (exact) mass is 185 g/mol. The van der Waals surface area contributed by atoms with Crippen LogP contribution in [0.3, 0.4) is 0 Å². The summed E-state index contributed by atoms with van der Waals surface area (Å²) >= 11 is 0. The van der Waals surface area contributed by atoms with Crippen molar-refractivity contribution in [3.05, 3.63) is 49.3 Å². The fraction of sp³-hybridized carbons (Fsp3) is 0.0909. The molecule has 1 aromatic carbocycles. The van der Waals surface area contributed by atoms with Crippen molar-refractivity contribution in [2.75, 3.05) is 0 Å². The zero-order chi connectivity index (χ0) is 9.80. The lowest BCUT2D eigenvalue weighted by Crippen LogP contribution is -1.96. The number of allylic oxidation sites excluding steroid dienone is 1. The van der Waals surface area contributed by atoms with Crippen LogP contribution >= 0.6 is 0 Å². The first kappa shape index (κ1) is 8.69. The molecule has 0 saturated carbocycles. The fourth-order valence-corrected chi connectivity index (χ4v) is 1.34. The molecule has 2 aromatic rings. The predicted molar refractivity (Wildman–Crippen MR) is 55.7 cm³/mol. The topological polar surface area (TPSA) is 30.7 Å². The van der Waals surface area contributed by atoms with Crippen LogP contribution in [0.15, 0.2) is 49.3 Å². The molecule has 0 spiro atoms. The van der Waals surface area contributed by atoms with E-state index in [1.807, 2.05) is 41.0 Å². The SMILES string of the molecule is C=CCn1cnnc1-c1ccccc1. The minimum atomic E-state index is 0.733. The molecule has 0 aliphatic rings. The minimum Gasteiger partial charge on any atom is -0.310 e. The van der Waals surface area contributed by atoms with Crippen LogP contribution in [0.4, 0.5) is 0 Å². The Labute approximate surface area is 82.7 Å². The van der Waals surface area contributed by atoms with Crippen molar-refractivity contribution in [2.45, 2.75) is 6.54 Å². The minimum absolute atomic E-state index is 0.733. The Kier molecular flexibility index (Phi) is 2.40. The number of nitrogens with zero attached hydrogens (tertiary/aromatic N) is 3. The quantitative estimate of drug-likeness (QED) is 0.686. The first-order valence-corrected chi connectivity index (χ1v) is 4.46. The van der Waals surface area contributed by atoms with Crippen LogP contribution in [-0.4, -0.2) is 14.8 Å². The zero-order valence-corrected chi connectivity index (χ0v) is 7.80. The van der Waals surface area contributed by atoms with Crippen LogP contribution in [-0.2, 0) is 6.54 Å². The van der Waals surface area contributed by atoms with Gasteiger partial charge in [0, 0.05) is 12.1 Å². The lowest BCUT2D eigenvalue weighted by atomic mass is 10.2. The Morgan fingerprint density at radius 2 is 2.07 bits per heavy atom. The largest absolute Gasteiger partial charge is 0.310 e. The van der Waals surface area contributed by atoms with Crippen molar-refractivity contribution in [3.63, 3.8) is 0 Å². The van der Waals surface area contributed by atoms with Gasteiger partial charge in [0.1, 0.15) is 6.33 Å². The third-order valence-corrected chi connectivity index (χ3v) is 1.97. The molecular weight excluding hydrogens is 174 g/mol. The summed E-state index contributed by atoms with van der Waals surface area (Å²) in [7, 11) is 0. The second kappa shape index (κ2) is 3.87. The van der Waals surface area contributed by atoms with E-state index in [9.17, 15) is 0 Å². The normalized spacial score (nSPS) is 10.0. The molecule has 0 radical (unpaired) electrons. The molecule has 0 atom stereocenters. The highest BCUT2D eigenvalue weighted by atomic mass is 15.3. The number of benzene rings is 1. The fourth-order valence-electron chi connectivity index (χ4n) is 1.34. The Bertz CT molecular complexity index is 417. The Morgan fingerprint density at radius 3 is 2.79 bits per heavy atom. The lowest BCUT2D eigenvalue weighted by molar-refractivity contribution is 0.828. The highest BCUT2D eigenvalue weighted by Gasteiger charge is 2.04. The first-order chi connectivity index (χ1) is 6.92. The first-order valence-electron chi connectivity index (χ1n) is 4.46. The van der Waals surface area contributed by atoms with E-state index < -0.39 is 0 Å². The van der Waals surface area contributed by atoms with Gasteiger partial charge >= 0.3 is 0 Å². The molecule has 1 aromatic heterocycles. The standard InChI is InChI=1S/C11H11N3/c1-2-8-14-9-12-13-11(14)10-6-4-3-5-7-10/h2-7,9H,1,8H2. The third-order valence-electron chi connectivity index (χ3n) is 1.97. The maximum atomic E-state index is 4.07. The van der Waals surface area contributed by atoms with Crippen LogP contribution in [0.5, 0.6) is 0 Å².